The van der Waals surface area contributed by atoms with Crippen molar-refractivity contribution in [2.75, 3.05) is 0 Å². The Kier molecular flexibility index (Phi) is 4.15. The van der Waals surface area contributed by atoms with Crippen molar-refractivity contribution >= 4 is 11.3 Å². The van der Waals surface area contributed by atoms with E-state index in [1.807, 2.05) is 0 Å². The maximum Gasteiger partial charge on any atom is 0.0948 e. The fourth-order valence-electron chi connectivity index (χ4n) is 1.81. The molecular formula is C15H20N2S. The molecule has 0 saturated carbocycles. The van der Waals surface area contributed by atoms with Crippen molar-refractivity contribution in [3.63, 3.8) is 0 Å². The normalized spacial score (nSPS) is 12.7. The van der Waals surface area contributed by atoms with E-state index in [2.05, 4.69) is 49.3 Å². The standard InChI is InChI=1S/C15H20N2S/c1-4-13(16)8-15-17-14(9-18-15)12-6-5-10(2)11(3)7-12/h5-7,9,13H,4,8,16H2,1-3H3. The lowest BCUT2D eigenvalue weighted by Crippen LogP contribution is -2.21. The molecule has 1 heterocycles. The van der Waals surface area contributed by atoms with E-state index in [0.717, 1.165) is 23.5 Å². The first kappa shape index (κ1) is 13.2. The highest BCUT2D eigenvalue weighted by atomic mass is 32.1. The summed E-state index contributed by atoms with van der Waals surface area (Å²) >= 11 is 1.71. The summed E-state index contributed by atoms with van der Waals surface area (Å²) in [6.07, 6.45) is 1.88. The molecule has 2 rings (SSSR count). The molecule has 1 atom stereocenters. The largest absolute Gasteiger partial charge is 0.327 e. The first-order valence-corrected chi connectivity index (χ1v) is 7.25. The zero-order valence-electron chi connectivity index (χ0n) is 11.2. The van der Waals surface area contributed by atoms with E-state index >= 15 is 0 Å². The van der Waals surface area contributed by atoms with Crippen LogP contribution in [0, 0.1) is 13.8 Å². The van der Waals surface area contributed by atoms with Crippen LogP contribution in [0.5, 0.6) is 0 Å². The molecule has 2 aromatic rings. The van der Waals surface area contributed by atoms with Crippen LogP contribution in [0.25, 0.3) is 11.3 Å². The van der Waals surface area contributed by atoms with Crippen LogP contribution in [0.4, 0.5) is 0 Å². The van der Waals surface area contributed by atoms with Gasteiger partial charge in [0.15, 0.2) is 0 Å². The average Bonchev–Trinajstić information content (AvgIpc) is 2.81. The lowest BCUT2D eigenvalue weighted by molar-refractivity contribution is 0.644. The van der Waals surface area contributed by atoms with E-state index in [-0.39, 0.29) is 6.04 Å². The first-order valence-electron chi connectivity index (χ1n) is 6.37. The van der Waals surface area contributed by atoms with Gasteiger partial charge >= 0.3 is 0 Å². The van der Waals surface area contributed by atoms with Gasteiger partial charge in [-0.25, -0.2) is 4.98 Å². The number of aryl methyl sites for hydroxylation is 2. The van der Waals surface area contributed by atoms with Crippen molar-refractivity contribution in [1.29, 1.82) is 0 Å². The summed E-state index contributed by atoms with van der Waals surface area (Å²) in [7, 11) is 0. The maximum absolute atomic E-state index is 5.96. The minimum atomic E-state index is 0.226. The highest BCUT2D eigenvalue weighted by Crippen LogP contribution is 2.24. The quantitative estimate of drug-likeness (QED) is 0.910. The van der Waals surface area contributed by atoms with E-state index in [0.29, 0.717) is 0 Å². The summed E-state index contributed by atoms with van der Waals surface area (Å²) in [5.41, 5.74) is 10.9. The molecule has 0 saturated heterocycles. The highest BCUT2D eigenvalue weighted by molar-refractivity contribution is 7.09. The Morgan fingerprint density at radius 3 is 2.72 bits per heavy atom. The Balaban J connectivity index is 2.21. The Morgan fingerprint density at radius 1 is 1.28 bits per heavy atom. The lowest BCUT2D eigenvalue weighted by atomic mass is 10.1. The van der Waals surface area contributed by atoms with Crippen LogP contribution in [-0.4, -0.2) is 11.0 Å². The van der Waals surface area contributed by atoms with Gasteiger partial charge < -0.3 is 5.73 Å². The van der Waals surface area contributed by atoms with Gasteiger partial charge in [0.1, 0.15) is 0 Å². The fraction of sp³-hybridized carbons (Fsp3) is 0.400. The number of thiazole rings is 1. The van der Waals surface area contributed by atoms with Crippen molar-refractivity contribution in [1.82, 2.24) is 4.98 Å². The maximum atomic E-state index is 5.96. The SMILES string of the molecule is CCC(N)Cc1nc(-c2ccc(C)c(C)c2)cs1. The molecule has 2 nitrogen and oxygen atoms in total. The lowest BCUT2D eigenvalue weighted by Gasteiger charge is -2.05. The van der Waals surface area contributed by atoms with E-state index in [4.69, 9.17) is 5.73 Å². The molecule has 0 spiro atoms. The molecule has 1 aromatic carbocycles. The van der Waals surface area contributed by atoms with E-state index in [9.17, 15) is 0 Å². The Labute approximate surface area is 113 Å². The van der Waals surface area contributed by atoms with Gasteiger partial charge in [-0.15, -0.1) is 11.3 Å². The van der Waals surface area contributed by atoms with Crippen molar-refractivity contribution in [3.05, 3.63) is 39.7 Å². The number of rotatable bonds is 4. The molecule has 3 heteroatoms. The summed E-state index contributed by atoms with van der Waals surface area (Å²) in [5.74, 6) is 0. The molecule has 0 amide bonds. The van der Waals surface area contributed by atoms with Crippen LogP contribution < -0.4 is 5.73 Å². The molecule has 0 aliphatic heterocycles. The summed E-state index contributed by atoms with van der Waals surface area (Å²) in [4.78, 5) is 4.68. The molecule has 1 aromatic heterocycles. The van der Waals surface area contributed by atoms with Crippen LogP contribution in [-0.2, 0) is 6.42 Å². The van der Waals surface area contributed by atoms with Crippen molar-refractivity contribution in [2.24, 2.45) is 5.73 Å². The first-order chi connectivity index (χ1) is 8.60. The van der Waals surface area contributed by atoms with Crippen LogP contribution in [0.1, 0.15) is 29.5 Å². The molecule has 0 fully saturated rings. The number of hydrogen-bond donors (Lipinski definition) is 1. The van der Waals surface area contributed by atoms with E-state index < -0.39 is 0 Å². The molecule has 1 unspecified atom stereocenters. The molecule has 0 aliphatic rings. The third-order valence-electron chi connectivity index (χ3n) is 3.32. The summed E-state index contributed by atoms with van der Waals surface area (Å²) in [6.45, 7) is 6.38. The van der Waals surface area contributed by atoms with Gasteiger partial charge in [0.25, 0.3) is 0 Å². The van der Waals surface area contributed by atoms with Crippen LogP contribution in [0.3, 0.4) is 0 Å². The predicted molar refractivity (Wildman–Crippen MR) is 79.0 cm³/mol. The van der Waals surface area contributed by atoms with Crippen molar-refractivity contribution < 1.29 is 0 Å². The van der Waals surface area contributed by atoms with E-state index in [1.54, 1.807) is 11.3 Å². The summed E-state index contributed by atoms with van der Waals surface area (Å²) in [5, 5.41) is 3.26. The van der Waals surface area contributed by atoms with Crippen molar-refractivity contribution in [3.8, 4) is 11.3 Å². The smallest absolute Gasteiger partial charge is 0.0948 e. The number of nitrogens with two attached hydrogens (primary N) is 1. The van der Waals surface area contributed by atoms with Gasteiger partial charge in [0.2, 0.25) is 0 Å². The number of nitrogens with zero attached hydrogens (tertiary/aromatic N) is 1. The highest BCUT2D eigenvalue weighted by Gasteiger charge is 2.08. The minimum Gasteiger partial charge on any atom is -0.327 e. The van der Waals surface area contributed by atoms with Crippen molar-refractivity contribution in [2.45, 2.75) is 39.7 Å². The Morgan fingerprint density at radius 2 is 2.06 bits per heavy atom. The number of aromatic nitrogens is 1. The summed E-state index contributed by atoms with van der Waals surface area (Å²) in [6, 6.07) is 6.72. The van der Waals surface area contributed by atoms with Crippen LogP contribution in [0.2, 0.25) is 0 Å². The topological polar surface area (TPSA) is 38.9 Å². The Hall–Kier alpha value is -1.19. The monoisotopic (exact) mass is 260 g/mol. The summed E-state index contributed by atoms with van der Waals surface area (Å²) < 4.78 is 0. The van der Waals surface area contributed by atoms with Gasteiger partial charge in [0.05, 0.1) is 10.7 Å². The third-order valence-corrected chi connectivity index (χ3v) is 4.19. The minimum absolute atomic E-state index is 0.226. The third kappa shape index (κ3) is 2.98. The molecular weight excluding hydrogens is 240 g/mol. The van der Waals surface area contributed by atoms with Gasteiger partial charge in [0, 0.05) is 23.4 Å². The van der Waals surface area contributed by atoms with Gasteiger partial charge in [-0.05, 0) is 37.5 Å². The number of hydrogen-bond acceptors (Lipinski definition) is 3. The molecule has 0 bridgehead atoms. The molecule has 96 valence electrons. The van der Waals surface area contributed by atoms with Gasteiger partial charge in [-0.3, -0.25) is 0 Å². The van der Waals surface area contributed by atoms with Gasteiger partial charge in [-0.1, -0.05) is 19.1 Å². The second kappa shape index (κ2) is 5.63. The Bertz CT molecular complexity index is 531. The second-order valence-corrected chi connectivity index (χ2v) is 5.74. The predicted octanol–water partition coefficient (Wildman–Crippen LogP) is 3.71. The second-order valence-electron chi connectivity index (χ2n) is 4.80. The van der Waals surface area contributed by atoms with Crippen LogP contribution in [0.15, 0.2) is 23.6 Å². The van der Waals surface area contributed by atoms with E-state index in [1.165, 1.54) is 16.7 Å². The molecule has 2 N–H and O–H groups in total. The molecule has 18 heavy (non-hydrogen) atoms. The number of benzene rings is 1. The molecule has 0 radical (unpaired) electrons. The zero-order chi connectivity index (χ0) is 13.1. The van der Waals surface area contributed by atoms with Gasteiger partial charge in [-0.2, -0.15) is 0 Å². The van der Waals surface area contributed by atoms with Crippen LogP contribution >= 0.6 is 11.3 Å². The fourth-order valence-corrected chi connectivity index (χ4v) is 2.70. The molecule has 0 aliphatic carbocycles. The average molecular weight is 260 g/mol. The zero-order valence-corrected chi connectivity index (χ0v) is 12.1.